The Morgan fingerprint density at radius 1 is 1.52 bits per heavy atom. The van der Waals surface area contributed by atoms with Crippen molar-refractivity contribution in [2.45, 2.75) is 38.3 Å². The summed E-state index contributed by atoms with van der Waals surface area (Å²) in [5, 5.41) is 1.97. The summed E-state index contributed by atoms with van der Waals surface area (Å²) >= 11 is 1.65. The maximum absolute atomic E-state index is 12.3. The molecule has 0 bridgehead atoms. The lowest BCUT2D eigenvalue weighted by atomic mass is 10.1. The molecule has 3 rings (SSSR count). The van der Waals surface area contributed by atoms with E-state index in [4.69, 9.17) is 4.74 Å². The van der Waals surface area contributed by atoms with Crippen LogP contribution >= 0.6 is 11.3 Å². The highest BCUT2D eigenvalue weighted by Crippen LogP contribution is 2.25. The maximum atomic E-state index is 12.3. The highest BCUT2D eigenvalue weighted by molar-refractivity contribution is 7.87. The average Bonchev–Trinajstić information content (AvgIpc) is 3.07. The monoisotopic (exact) mass is 330 g/mol. The van der Waals surface area contributed by atoms with Crippen LogP contribution in [0.4, 0.5) is 0 Å². The Kier molecular flexibility index (Phi) is 4.30. The summed E-state index contributed by atoms with van der Waals surface area (Å²) in [6.07, 6.45) is 2.41. The normalized spacial score (nSPS) is 23.0. The lowest BCUT2D eigenvalue weighted by Crippen LogP contribution is -2.45. The van der Waals surface area contributed by atoms with E-state index < -0.39 is 16.1 Å². The van der Waals surface area contributed by atoms with Crippen molar-refractivity contribution < 1.29 is 17.9 Å². The number of nitrogens with one attached hydrogen (secondary N) is 1. The summed E-state index contributed by atoms with van der Waals surface area (Å²) in [5.41, 5.74) is 1.03. The van der Waals surface area contributed by atoms with Crippen LogP contribution in [-0.2, 0) is 32.7 Å². The molecule has 8 heteroatoms. The van der Waals surface area contributed by atoms with Crippen LogP contribution in [0.15, 0.2) is 11.4 Å². The minimum atomic E-state index is -3.76. The minimum Gasteiger partial charge on any atom is -0.378 e. The van der Waals surface area contributed by atoms with Crippen LogP contribution in [0.2, 0.25) is 0 Å². The van der Waals surface area contributed by atoms with Crippen LogP contribution in [0.25, 0.3) is 0 Å². The SMILES string of the molecule is O=C(C[C@H]1CCCO1)NS(=O)(=O)N1CCc2sccc2C1. The molecule has 0 aromatic carbocycles. The van der Waals surface area contributed by atoms with Gasteiger partial charge in [0.1, 0.15) is 0 Å². The first-order valence-electron chi connectivity index (χ1n) is 7.02. The molecule has 1 aromatic heterocycles. The van der Waals surface area contributed by atoms with Gasteiger partial charge in [-0.15, -0.1) is 11.3 Å². The van der Waals surface area contributed by atoms with Crippen molar-refractivity contribution in [3.8, 4) is 0 Å². The molecule has 1 atom stereocenters. The highest BCUT2D eigenvalue weighted by Gasteiger charge is 2.29. The molecule has 0 aliphatic carbocycles. The molecule has 0 saturated carbocycles. The maximum Gasteiger partial charge on any atom is 0.304 e. The summed E-state index contributed by atoms with van der Waals surface area (Å²) in [5.74, 6) is -0.488. The van der Waals surface area contributed by atoms with Gasteiger partial charge in [0.15, 0.2) is 0 Å². The van der Waals surface area contributed by atoms with Gasteiger partial charge >= 0.3 is 10.2 Å². The third-order valence-electron chi connectivity index (χ3n) is 3.79. The quantitative estimate of drug-likeness (QED) is 0.895. The molecule has 2 aliphatic rings. The number of carbonyl (C=O) groups excluding carboxylic acids is 1. The molecule has 21 heavy (non-hydrogen) atoms. The fourth-order valence-corrected chi connectivity index (χ4v) is 4.72. The van der Waals surface area contributed by atoms with E-state index in [9.17, 15) is 13.2 Å². The van der Waals surface area contributed by atoms with Gasteiger partial charge in [0.2, 0.25) is 5.91 Å². The highest BCUT2D eigenvalue weighted by atomic mass is 32.2. The zero-order valence-electron chi connectivity index (χ0n) is 11.6. The van der Waals surface area contributed by atoms with Crippen LogP contribution in [0.5, 0.6) is 0 Å². The molecule has 2 aliphatic heterocycles. The van der Waals surface area contributed by atoms with Gasteiger partial charge in [-0.3, -0.25) is 4.79 Å². The van der Waals surface area contributed by atoms with Gasteiger partial charge in [0.25, 0.3) is 0 Å². The smallest absolute Gasteiger partial charge is 0.304 e. The molecule has 1 saturated heterocycles. The van der Waals surface area contributed by atoms with Crippen LogP contribution < -0.4 is 4.72 Å². The van der Waals surface area contributed by atoms with Gasteiger partial charge in [0.05, 0.1) is 12.5 Å². The Morgan fingerprint density at radius 2 is 2.38 bits per heavy atom. The van der Waals surface area contributed by atoms with E-state index in [-0.39, 0.29) is 12.5 Å². The van der Waals surface area contributed by atoms with Crippen LogP contribution in [0, 0.1) is 0 Å². The predicted molar refractivity (Wildman–Crippen MR) is 79.1 cm³/mol. The zero-order chi connectivity index (χ0) is 14.9. The first-order chi connectivity index (χ1) is 10.0. The fourth-order valence-electron chi connectivity index (χ4n) is 2.69. The topological polar surface area (TPSA) is 75.7 Å². The second-order valence-corrected chi connectivity index (χ2v) is 7.99. The predicted octanol–water partition coefficient (Wildman–Crippen LogP) is 1.04. The van der Waals surface area contributed by atoms with Crippen LogP contribution in [0.1, 0.15) is 29.7 Å². The molecule has 0 radical (unpaired) electrons. The van der Waals surface area contributed by atoms with Gasteiger partial charge in [0, 0.05) is 24.6 Å². The van der Waals surface area contributed by atoms with Crippen molar-refractivity contribution in [1.82, 2.24) is 9.03 Å². The summed E-state index contributed by atoms with van der Waals surface area (Å²) in [4.78, 5) is 13.1. The van der Waals surface area contributed by atoms with Gasteiger partial charge in [-0.05, 0) is 36.3 Å². The molecule has 3 heterocycles. The number of rotatable bonds is 4. The Labute approximate surface area is 128 Å². The summed E-state index contributed by atoms with van der Waals surface area (Å²) in [7, 11) is -3.76. The van der Waals surface area contributed by atoms with Crippen molar-refractivity contribution >= 4 is 27.5 Å². The lowest BCUT2D eigenvalue weighted by Gasteiger charge is -2.26. The molecule has 1 amide bonds. The Bertz CT molecular complexity index is 620. The molecule has 1 aromatic rings. The number of hydrogen-bond acceptors (Lipinski definition) is 5. The average molecular weight is 330 g/mol. The van der Waals surface area contributed by atoms with Crippen LogP contribution in [0.3, 0.4) is 0 Å². The van der Waals surface area contributed by atoms with E-state index in [1.165, 1.54) is 9.18 Å². The van der Waals surface area contributed by atoms with E-state index in [0.717, 1.165) is 18.4 Å². The van der Waals surface area contributed by atoms with Crippen molar-refractivity contribution in [2.75, 3.05) is 13.2 Å². The number of ether oxygens (including phenoxy) is 1. The second kappa shape index (κ2) is 6.04. The first kappa shape index (κ1) is 15.0. The van der Waals surface area contributed by atoms with Gasteiger partial charge in [-0.2, -0.15) is 12.7 Å². The van der Waals surface area contributed by atoms with Crippen molar-refractivity contribution in [3.63, 3.8) is 0 Å². The second-order valence-electron chi connectivity index (χ2n) is 5.32. The van der Waals surface area contributed by atoms with Gasteiger partial charge < -0.3 is 4.74 Å². The molecule has 6 nitrogen and oxygen atoms in total. The zero-order valence-corrected chi connectivity index (χ0v) is 13.2. The number of thiophene rings is 1. The molecule has 1 fully saturated rings. The molecule has 116 valence electrons. The largest absolute Gasteiger partial charge is 0.378 e. The van der Waals surface area contributed by atoms with Gasteiger partial charge in [-0.25, -0.2) is 4.72 Å². The van der Waals surface area contributed by atoms with E-state index in [0.29, 0.717) is 26.1 Å². The number of nitrogens with zero attached hydrogens (tertiary/aromatic N) is 1. The minimum absolute atomic E-state index is 0.108. The standard InChI is InChI=1S/C13H18N2O4S2/c16-13(8-11-2-1-6-19-11)14-21(17,18)15-5-3-12-10(9-15)4-7-20-12/h4,7,11H,1-3,5-6,8-9H2,(H,14,16)/t11-/m1/s1. The summed E-state index contributed by atoms with van der Waals surface area (Å²) in [6.45, 7) is 1.40. The molecular weight excluding hydrogens is 312 g/mol. The third-order valence-corrected chi connectivity index (χ3v) is 6.29. The van der Waals surface area contributed by atoms with E-state index in [2.05, 4.69) is 4.72 Å². The van der Waals surface area contributed by atoms with Crippen molar-refractivity contribution in [3.05, 3.63) is 21.9 Å². The van der Waals surface area contributed by atoms with E-state index in [1.807, 2.05) is 11.4 Å². The Balaban J connectivity index is 1.60. The Hall–Kier alpha value is -0.960. The third kappa shape index (κ3) is 3.45. The summed E-state index contributed by atoms with van der Waals surface area (Å²) in [6, 6.07) is 1.94. The van der Waals surface area contributed by atoms with Crippen molar-refractivity contribution in [1.29, 1.82) is 0 Å². The van der Waals surface area contributed by atoms with Gasteiger partial charge in [-0.1, -0.05) is 0 Å². The van der Waals surface area contributed by atoms with Crippen LogP contribution in [-0.4, -0.2) is 37.9 Å². The number of fused-ring (bicyclic) bond motifs is 1. The number of amides is 1. The molecule has 0 spiro atoms. The number of hydrogen-bond donors (Lipinski definition) is 1. The Morgan fingerprint density at radius 3 is 3.14 bits per heavy atom. The van der Waals surface area contributed by atoms with E-state index >= 15 is 0 Å². The molecular formula is C13H18N2O4S2. The van der Waals surface area contributed by atoms with E-state index in [1.54, 1.807) is 11.3 Å². The van der Waals surface area contributed by atoms with Crippen molar-refractivity contribution in [2.24, 2.45) is 0 Å². The summed E-state index contributed by atoms with van der Waals surface area (Å²) < 4.78 is 33.4. The number of carbonyl (C=O) groups is 1. The first-order valence-corrected chi connectivity index (χ1v) is 9.34. The molecule has 0 unspecified atom stereocenters. The fraction of sp³-hybridized carbons (Fsp3) is 0.615. The molecule has 1 N–H and O–H groups in total. The lowest BCUT2D eigenvalue weighted by molar-refractivity contribution is -0.121.